The molecule has 1 heterocycles. The fraction of sp³-hybridized carbons (Fsp3) is 0.345. The van der Waals surface area contributed by atoms with Crippen LogP contribution in [-0.4, -0.2) is 11.2 Å². The Morgan fingerprint density at radius 2 is 1.59 bits per heavy atom. The van der Waals surface area contributed by atoms with Gasteiger partial charge in [-0.2, -0.15) is 0 Å². The van der Waals surface area contributed by atoms with E-state index < -0.39 is 5.44 Å². The summed E-state index contributed by atoms with van der Waals surface area (Å²) in [5.41, 5.74) is 5.05. The minimum atomic E-state index is -0.568. The number of hydrogen-bond donors (Lipinski definition) is 0. The maximum absolute atomic E-state index is 13.4. The van der Waals surface area contributed by atoms with Gasteiger partial charge < -0.3 is 4.74 Å². The Bertz CT molecular complexity index is 1080. The first-order valence-corrected chi connectivity index (χ1v) is 12.3. The number of carbonyl (C=O) groups excluding carboxylic acids is 1. The number of thioether (sulfide) groups is 1. The number of Topliss-reactive ketones (excluding diaryl/α,β-unsaturated/α-hetero) is 1. The number of benzene rings is 3. The molecule has 0 saturated carbocycles. The Balaban J connectivity index is 1.86. The van der Waals surface area contributed by atoms with E-state index in [1.807, 2.05) is 36.4 Å². The maximum Gasteiger partial charge on any atom is 0.213 e. The zero-order valence-electron chi connectivity index (χ0n) is 19.6. The molecule has 3 heteroatoms. The van der Waals surface area contributed by atoms with Gasteiger partial charge in [0.1, 0.15) is 5.75 Å². The molecule has 2 nitrogen and oxygen atoms in total. The number of ketones is 1. The first kappa shape index (κ1) is 22.7. The Labute approximate surface area is 196 Å². The van der Waals surface area contributed by atoms with Crippen LogP contribution in [0.4, 0.5) is 0 Å². The predicted molar refractivity (Wildman–Crippen MR) is 135 cm³/mol. The Morgan fingerprint density at radius 1 is 0.969 bits per heavy atom. The van der Waals surface area contributed by atoms with E-state index in [1.165, 1.54) is 22.3 Å². The number of carbonyl (C=O) groups is 1. The van der Waals surface area contributed by atoms with E-state index in [-0.39, 0.29) is 16.4 Å². The molecule has 3 aromatic carbocycles. The van der Waals surface area contributed by atoms with Crippen molar-refractivity contribution in [2.24, 2.45) is 5.92 Å². The number of hydrogen-bond acceptors (Lipinski definition) is 3. The molecule has 0 spiro atoms. The van der Waals surface area contributed by atoms with Gasteiger partial charge in [0.05, 0.1) is 5.25 Å². The highest BCUT2D eigenvalue weighted by molar-refractivity contribution is 8.01. The van der Waals surface area contributed by atoms with Crippen molar-refractivity contribution in [2.45, 2.75) is 57.1 Å². The highest BCUT2D eigenvalue weighted by Gasteiger charge is 2.37. The van der Waals surface area contributed by atoms with Gasteiger partial charge in [-0.3, -0.25) is 4.79 Å². The molecule has 0 radical (unpaired) electrons. The van der Waals surface area contributed by atoms with Crippen molar-refractivity contribution in [2.75, 3.05) is 0 Å². The molecule has 166 valence electrons. The summed E-state index contributed by atoms with van der Waals surface area (Å²) < 4.78 is 6.51. The van der Waals surface area contributed by atoms with Crippen LogP contribution < -0.4 is 4.74 Å². The number of rotatable bonds is 5. The standard InChI is InChI=1S/C29H32O2S/c1-19(2)16-22-17-23(29(3,4)5)18-24-26(22)31-28(25(30)20-12-8-6-9-13-20)32-27(24)21-14-10-7-11-15-21/h6-15,17-19,27-28H,16H2,1-5H3. The lowest BCUT2D eigenvalue weighted by Gasteiger charge is -2.35. The molecule has 1 aliphatic heterocycles. The average Bonchev–Trinajstić information content (AvgIpc) is 2.78. The SMILES string of the molecule is CC(C)Cc1cc(C(C)(C)C)cc2c1OC(C(=O)c1ccccc1)SC2c1ccccc1. The average molecular weight is 445 g/mol. The Hall–Kier alpha value is -2.52. The lowest BCUT2D eigenvalue weighted by molar-refractivity contribution is 0.0886. The molecule has 1 aliphatic rings. The van der Waals surface area contributed by atoms with Crippen molar-refractivity contribution < 1.29 is 9.53 Å². The lowest BCUT2D eigenvalue weighted by Crippen LogP contribution is -2.30. The Kier molecular flexibility index (Phi) is 6.48. The molecule has 0 aromatic heterocycles. The summed E-state index contributed by atoms with van der Waals surface area (Å²) in [5, 5.41) is 0.0471. The molecule has 0 amide bonds. The Morgan fingerprint density at radius 3 is 2.19 bits per heavy atom. The van der Waals surface area contributed by atoms with Crippen LogP contribution in [0.1, 0.15) is 72.5 Å². The van der Waals surface area contributed by atoms with Crippen molar-refractivity contribution in [3.63, 3.8) is 0 Å². The molecule has 2 atom stereocenters. The molecule has 0 bridgehead atoms. The summed E-state index contributed by atoms with van der Waals surface area (Å²) in [6.45, 7) is 11.2. The first-order valence-electron chi connectivity index (χ1n) is 11.4. The summed E-state index contributed by atoms with van der Waals surface area (Å²) in [7, 11) is 0. The molecule has 0 aliphatic carbocycles. The topological polar surface area (TPSA) is 26.3 Å². The van der Waals surface area contributed by atoms with Crippen molar-refractivity contribution in [3.05, 3.63) is 101 Å². The van der Waals surface area contributed by atoms with E-state index in [9.17, 15) is 4.79 Å². The van der Waals surface area contributed by atoms with E-state index in [0.29, 0.717) is 11.5 Å². The summed E-state index contributed by atoms with van der Waals surface area (Å²) in [4.78, 5) is 13.4. The molecule has 0 fully saturated rings. The second kappa shape index (κ2) is 9.15. The third-order valence-corrected chi connectivity index (χ3v) is 7.19. The number of ether oxygens (including phenoxy) is 1. The summed E-state index contributed by atoms with van der Waals surface area (Å²) >= 11 is 1.61. The maximum atomic E-state index is 13.4. The van der Waals surface area contributed by atoms with Gasteiger partial charge in [-0.25, -0.2) is 0 Å². The monoisotopic (exact) mass is 444 g/mol. The van der Waals surface area contributed by atoms with Crippen molar-refractivity contribution >= 4 is 17.5 Å². The first-order chi connectivity index (χ1) is 15.2. The van der Waals surface area contributed by atoms with E-state index in [0.717, 1.165) is 12.2 Å². The zero-order chi connectivity index (χ0) is 22.9. The minimum absolute atomic E-state index is 0.0255. The summed E-state index contributed by atoms with van der Waals surface area (Å²) in [6.07, 6.45) is 0.921. The van der Waals surface area contributed by atoms with Crippen LogP contribution >= 0.6 is 11.8 Å². The van der Waals surface area contributed by atoms with Crippen molar-refractivity contribution in [1.82, 2.24) is 0 Å². The third-order valence-electron chi connectivity index (χ3n) is 5.83. The van der Waals surface area contributed by atoms with Gasteiger partial charge in [-0.05, 0) is 34.4 Å². The molecule has 32 heavy (non-hydrogen) atoms. The molecule has 0 N–H and O–H groups in total. The molecular weight excluding hydrogens is 412 g/mol. The van der Waals surface area contributed by atoms with Gasteiger partial charge in [-0.1, -0.05) is 119 Å². The van der Waals surface area contributed by atoms with E-state index >= 15 is 0 Å². The highest BCUT2D eigenvalue weighted by Crippen LogP contribution is 2.50. The zero-order valence-corrected chi connectivity index (χ0v) is 20.4. The minimum Gasteiger partial charge on any atom is -0.471 e. The molecule has 4 rings (SSSR count). The lowest BCUT2D eigenvalue weighted by atomic mass is 9.82. The largest absolute Gasteiger partial charge is 0.471 e. The van der Waals surface area contributed by atoms with Crippen LogP contribution in [0.2, 0.25) is 0 Å². The van der Waals surface area contributed by atoms with Gasteiger partial charge in [0, 0.05) is 11.1 Å². The van der Waals surface area contributed by atoms with Gasteiger partial charge in [-0.15, -0.1) is 0 Å². The van der Waals surface area contributed by atoms with Crippen LogP contribution in [-0.2, 0) is 11.8 Å². The molecule has 2 unspecified atom stereocenters. The second-order valence-electron chi connectivity index (χ2n) is 10.0. The van der Waals surface area contributed by atoms with Gasteiger partial charge in [0.15, 0.2) is 0 Å². The highest BCUT2D eigenvalue weighted by atomic mass is 32.2. The third kappa shape index (κ3) is 4.78. The van der Waals surface area contributed by atoms with Gasteiger partial charge >= 0.3 is 0 Å². The van der Waals surface area contributed by atoms with E-state index in [4.69, 9.17) is 4.74 Å². The summed E-state index contributed by atoms with van der Waals surface area (Å²) in [5.74, 6) is 1.41. The van der Waals surface area contributed by atoms with Crippen LogP contribution in [0, 0.1) is 5.92 Å². The smallest absolute Gasteiger partial charge is 0.213 e. The van der Waals surface area contributed by atoms with Crippen LogP contribution in [0.25, 0.3) is 0 Å². The van der Waals surface area contributed by atoms with Crippen molar-refractivity contribution in [3.8, 4) is 5.75 Å². The van der Waals surface area contributed by atoms with E-state index in [2.05, 4.69) is 71.0 Å². The fourth-order valence-electron chi connectivity index (χ4n) is 4.15. The normalized spacial score (nSPS) is 18.2. The van der Waals surface area contributed by atoms with Crippen LogP contribution in [0.5, 0.6) is 5.75 Å². The molecule has 3 aromatic rings. The fourth-order valence-corrected chi connectivity index (χ4v) is 5.44. The second-order valence-corrected chi connectivity index (χ2v) is 11.2. The van der Waals surface area contributed by atoms with Gasteiger partial charge in [0.25, 0.3) is 0 Å². The van der Waals surface area contributed by atoms with Crippen molar-refractivity contribution in [1.29, 1.82) is 0 Å². The van der Waals surface area contributed by atoms with Crippen LogP contribution in [0.3, 0.4) is 0 Å². The molecular formula is C29H32O2S. The van der Waals surface area contributed by atoms with Crippen LogP contribution in [0.15, 0.2) is 72.8 Å². The predicted octanol–water partition coefficient (Wildman–Crippen LogP) is 7.61. The molecule has 0 saturated heterocycles. The number of fused-ring (bicyclic) bond motifs is 1. The summed E-state index contributed by atoms with van der Waals surface area (Å²) in [6, 6.07) is 24.6. The quantitative estimate of drug-likeness (QED) is 0.379. The van der Waals surface area contributed by atoms with E-state index in [1.54, 1.807) is 11.8 Å². The van der Waals surface area contributed by atoms with Gasteiger partial charge in [0.2, 0.25) is 11.2 Å².